The molecule has 0 saturated heterocycles. The molecule has 0 spiro atoms. The van der Waals surface area contributed by atoms with Gasteiger partial charge in [-0.25, -0.2) is 4.39 Å². The maximum atomic E-state index is 14.3. The highest BCUT2D eigenvalue weighted by Gasteiger charge is 2.20. The Hall–Kier alpha value is -2.40. The molecule has 3 rings (SSSR count). The number of anilines is 1. The van der Waals surface area contributed by atoms with Crippen molar-refractivity contribution in [1.82, 2.24) is 14.8 Å². The molecule has 3 aromatic rings. The fraction of sp³-hybridized carbons (Fsp3) is 0.0667. The molecule has 0 fully saturated rings. The number of nitrogens with zero attached hydrogens (tertiary/aromatic N) is 3. The second kappa shape index (κ2) is 5.18. The van der Waals surface area contributed by atoms with Crippen LogP contribution >= 0.6 is 11.6 Å². The Balaban J connectivity index is 2.30. The van der Waals surface area contributed by atoms with Crippen LogP contribution in [0.1, 0.15) is 0 Å². The number of aromatic nitrogens is 3. The van der Waals surface area contributed by atoms with Crippen LogP contribution in [0, 0.1) is 5.82 Å². The van der Waals surface area contributed by atoms with Crippen molar-refractivity contribution >= 4 is 17.4 Å². The predicted molar refractivity (Wildman–Crippen MR) is 81.3 cm³/mol. The van der Waals surface area contributed by atoms with Gasteiger partial charge in [0.15, 0.2) is 5.82 Å². The van der Waals surface area contributed by atoms with Crippen LogP contribution in [0.4, 0.5) is 10.2 Å². The van der Waals surface area contributed by atoms with Crippen LogP contribution in [0.2, 0.25) is 5.02 Å². The first-order valence-electron chi connectivity index (χ1n) is 6.27. The van der Waals surface area contributed by atoms with E-state index in [1.54, 1.807) is 43.7 Å². The van der Waals surface area contributed by atoms with Crippen LogP contribution in [-0.2, 0) is 7.05 Å². The van der Waals surface area contributed by atoms with Gasteiger partial charge in [0.05, 0.1) is 10.6 Å². The third-order valence-corrected chi connectivity index (χ3v) is 3.56. The second-order valence-corrected chi connectivity index (χ2v) is 4.98. The Labute approximate surface area is 126 Å². The lowest BCUT2D eigenvalue weighted by Gasteiger charge is -2.06. The predicted octanol–water partition coefficient (Wildman–Crippen LogP) is 3.52. The molecule has 0 amide bonds. The summed E-state index contributed by atoms with van der Waals surface area (Å²) in [5.74, 6) is -0.0526. The molecule has 106 valence electrons. The van der Waals surface area contributed by atoms with Crippen LogP contribution in [0.5, 0.6) is 0 Å². The van der Waals surface area contributed by atoms with Gasteiger partial charge in [0.1, 0.15) is 11.5 Å². The normalized spacial score (nSPS) is 10.8. The van der Waals surface area contributed by atoms with Crippen LogP contribution in [0.25, 0.3) is 22.4 Å². The molecule has 0 saturated carbocycles. The number of hydrogen-bond donors (Lipinski definition) is 1. The molecule has 2 aromatic heterocycles. The minimum absolute atomic E-state index is 0.0532. The smallest absolute Gasteiger partial charge is 0.151 e. The molecule has 0 radical (unpaired) electrons. The number of halogens is 2. The zero-order chi connectivity index (χ0) is 15.0. The van der Waals surface area contributed by atoms with Gasteiger partial charge >= 0.3 is 0 Å². The Morgan fingerprint density at radius 2 is 1.90 bits per heavy atom. The number of nitrogen functional groups attached to an aromatic ring is 1. The van der Waals surface area contributed by atoms with Gasteiger partial charge in [-0.3, -0.25) is 9.67 Å². The molecule has 2 heterocycles. The first kappa shape index (κ1) is 13.6. The van der Waals surface area contributed by atoms with Gasteiger partial charge in [-0.15, -0.1) is 0 Å². The van der Waals surface area contributed by atoms with E-state index in [1.807, 2.05) is 0 Å². The van der Waals surface area contributed by atoms with Gasteiger partial charge < -0.3 is 5.73 Å². The van der Waals surface area contributed by atoms with E-state index < -0.39 is 5.82 Å². The molecular formula is C15H12ClFN4. The zero-order valence-corrected chi connectivity index (χ0v) is 12.0. The van der Waals surface area contributed by atoms with E-state index in [4.69, 9.17) is 17.3 Å². The summed E-state index contributed by atoms with van der Waals surface area (Å²) >= 11 is 5.86. The monoisotopic (exact) mass is 302 g/mol. The number of nitrogens with two attached hydrogens (primary N) is 1. The Morgan fingerprint density at radius 3 is 2.62 bits per heavy atom. The molecule has 0 aliphatic rings. The summed E-state index contributed by atoms with van der Waals surface area (Å²) in [7, 11) is 1.71. The third-order valence-electron chi connectivity index (χ3n) is 3.27. The van der Waals surface area contributed by atoms with Crippen LogP contribution in [0.15, 0.2) is 42.7 Å². The molecular weight excluding hydrogens is 291 g/mol. The number of aryl methyl sites for hydroxylation is 1. The van der Waals surface area contributed by atoms with E-state index in [2.05, 4.69) is 10.1 Å². The minimum Gasteiger partial charge on any atom is -0.383 e. The first-order valence-corrected chi connectivity index (χ1v) is 6.64. The molecule has 21 heavy (non-hydrogen) atoms. The SMILES string of the molecule is Cn1nc(-c2cccc(Cl)c2F)c(-c2ccncc2)c1N. The average Bonchev–Trinajstić information content (AvgIpc) is 2.78. The topological polar surface area (TPSA) is 56.7 Å². The van der Waals surface area contributed by atoms with E-state index in [1.165, 1.54) is 10.7 Å². The van der Waals surface area contributed by atoms with Crippen molar-refractivity contribution in [2.75, 3.05) is 5.73 Å². The summed E-state index contributed by atoms with van der Waals surface area (Å²) in [6, 6.07) is 8.42. The number of hydrogen-bond acceptors (Lipinski definition) is 3. The molecule has 6 heteroatoms. The lowest BCUT2D eigenvalue weighted by Crippen LogP contribution is -1.97. The lowest BCUT2D eigenvalue weighted by molar-refractivity contribution is 0.630. The fourth-order valence-corrected chi connectivity index (χ4v) is 2.39. The lowest BCUT2D eigenvalue weighted by atomic mass is 10.0. The van der Waals surface area contributed by atoms with Crippen molar-refractivity contribution in [2.24, 2.45) is 7.05 Å². The Kier molecular flexibility index (Phi) is 3.35. The van der Waals surface area contributed by atoms with Crippen molar-refractivity contribution in [3.05, 3.63) is 53.6 Å². The van der Waals surface area contributed by atoms with E-state index in [0.717, 1.165) is 5.56 Å². The highest BCUT2D eigenvalue weighted by Crippen LogP contribution is 2.37. The van der Waals surface area contributed by atoms with E-state index in [9.17, 15) is 4.39 Å². The van der Waals surface area contributed by atoms with E-state index >= 15 is 0 Å². The number of pyridine rings is 1. The molecule has 2 N–H and O–H groups in total. The van der Waals surface area contributed by atoms with Crippen LogP contribution < -0.4 is 5.73 Å². The molecule has 1 aromatic carbocycles. The highest BCUT2D eigenvalue weighted by molar-refractivity contribution is 6.31. The zero-order valence-electron chi connectivity index (χ0n) is 11.2. The van der Waals surface area contributed by atoms with Gasteiger partial charge in [-0.05, 0) is 29.8 Å². The third kappa shape index (κ3) is 2.25. The van der Waals surface area contributed by atoms with Crippen molar-refractivity contribution < 1.29 is 4.39 Å². The number of benzene rings is 1. The molecule has 0 aliphatic heterocycles. The maximum absolute atomic E-state index is 14.3. The summed E-state index contributed by atoms with van der Waals surface area (Å²) in [6.07, 6.45) is 3.31. The minimum atomic E-state index is -0.507. The Bertz CT molecular complexity index is 799. The highest BCUT2D eigenvalue weighted by atomic mass is 35.5. The van der Waals surface area contributed by atoms with Crippen molar-refractivity contribution in [1.29, 1.82) is 0 Å². The molecule has 0 atom stereocenters. The van der Waals surface area contributed by atoms with Crippen LogP contribution in [-0.4, -0.2) is 14.8 Å². The Morgan fingerprint density at radius 1 is 1.19 bits per heavy atom. The molecule has 0 bridgehead atoms. The van der Waals surface area contributed by atoms with Gasteiger partial charge in [0.2, 0.25) is 0 Å². The van der Waals surface area contributed by atoms with Gasteiger partial charge in [0, 0.05) is 25.0 Å². The van der Waals surface area contributed by atoms with Crippen LogP contribution in [0.3, 0.4) is 0 Å². The summed E-state index contributed by atoms with van der Waals surface area (Å²) in [5, 5.41) is 4.38. The van der Waals surface area contributed by atoms with E-state index in [-0.39, 0.29) is 5.02 Å². The molecule has 4 nitrogen and oxygen atoms in total. The van der Waals surface area contributed by atoms with Crippen molar-refractivity contribution in [2.45, 2.75) is 0 Å². The summed E-state index contributed by atoms with van der Waals surface area (Å²) in [4.78, 5) is 3.98. The summed E-state index contributed by atoms with van der Waals surface area (Å²) < 4.78 is 15.8. The summed E-state index contributed by atoms with van der Waals surface area (Å²) in [5.41, 5.74) is 8.36. The van der Waals surface area contributed by atoms with Crippen molar-refractivity contribution in [3.63, 3.8) is 0 Å². The number of rotatable bonds is 2. The van der Waals surface area contributed by atoms with Crippen molar-refractivity contribution in [3.8, 4) is 22.4 Å². The quantitative estimate of drug-likeness (QED) is 0.788. The van der Waals surface area contributed by atoms with E-state index in [0.29, 0.717) is 22.6 Å². The van der Waals surface area contributed by atoms with Gasteiger partial charge in [-0.1, -0.05) is 17.7 Å². The molecule has 0 aliphatic carbocycles. The average molecular weight is 303 g/mol. The fourth-order valence-electron chi connectivity index (χ4n) is 2.22. The first-order chi connectivity index (χ1) is 10.1. The summed E-state index contributed by atoms with van der Waals surface area (Å²) in [6.45, 7) is 0. The molecule has 0 unspecified atom stereocenters. The van der Waals surface area contributed by atoms with Gasteiger partial charge in [-0.2, -0.15) is 5.10 Å². The second-order valence-electron chi connectivity index (χ2n) is 4.57. The maximum Gasteiger partial charge on any atom is 0.151 e. The largest absolute Gasteiger partial charge is 0.383 e. The standard InChI is InChI=1S/C15H12ClFN4/c1-21-15(18)12(9-5-7-19-8-6-9)14(20-21)10-3-2-4-11(16)13(10)17/h2-8H,18H2,1H3. The van der Waals surface area contributed by atoms with Gasteiger partial charge in [0.25, 0.3) is 0 Å².